The van der Waals surface area contributed by atoms with Crippen molar-refractivity contribution in [2.45, 2.75) is 64.3 Å². The van der Waals surface area contributed by atoms with Gasteiger partial charge in [-0.1, -0.05) is 68.1 Å². The molecular formula is C42H56N12O4S2. The van der Waals surface area contributed by atoms with Crippen LogP contribution in [0.3, 0.4) is 0 Å². The van der Waals surface area contributed by atoms with Gasteiger partial charge in [-0.2, -0.15) is 21.1 Å². The van der Waals surface area contributed by atoms with Gasteiger partial charge in [0.05, 0.1) is 16.3 Å². The third-order valence-corrected chi connectivity index (χ3v) is 14.0. The Morgan fingerprint density at radius 2 is 1.17 bits per heavy atom. The summed E-state index contributed by atoms with van der Waals surface area (Å²) in [6.07, 6.45) is 15.6. The summed E-state index contributed by atoms with van der Waals surface area (Å²) in [6, 6.07) is 23.6. The number of piperidine rings is 1. The van der Waals surface area contributed by atoms with Crippen LogP contribution in [-0.2, 0) is 33.3 Å². The molecule has 2 aliphatic heterocycles. The Kier molecular flexibility index (Phi) is 13.2. The molecule has 0 bridgehead atoms. The zero-order valence-electron chi connectivity index (χ0n) is 33.0. The first-order valence-electron chi connectivity index (χ1n) is 20.2. The minimum absolute atomic E-state index is 0. The fraction of sp³-hybridized carbons (Fsp3) is 0.429. The normalized spacial score (nSPS) is 18.0. The number of H-pyrrole nitrogens is 2. The van der Waals surface area contributed by atoms with Crippen molar-refractivity contribution >= 4 is 54.1 Å². The summed E-state index contributed by atoms with van der Waals surface area (Å²) in [5, 5.41) is 6.89. The zero-order valence-corrected chi connectivity index (χ0v) is 34.6. The summed E-state index contributed by atoms with van der Waals surface area (Å²) in [7, 11) is -7.06. The second-order valence-electron chi connectivity index (χ2n) is 15.9. The van der Waals surface area contributed by atoms with Crippen LogP contribution in [0.1, 0.15) is 57.1 Å². The van der Waals surface area contributed by atoms with E-state index in [2.05, 4.69) is 55.2 Å². The molecule has 16 nitrogen and oxygen atoms in total. The predicted octanol–water partition coefficient (Wildman–Crippen LogP) is 4.69. The number of hydrogen-bond acceptors (Lipinski definition) is 10. The van der Waals surface area contributed by atoms with Crippen molar-refractivity contribution in [1.29, 1.82) is 0 Å². The van der Waals surface area contributed by atoms with Gasteiger partial charge in [0.25, 0.3) is 20.4 Å². The van der Waals surface area contributed by atoms with Gasteiger partial charge >= 0.3 is 0 Å². The number of hydrogen-bond donors (Lipinski definition) is 5. The van der Waals surface area contributed by atoms with Gasteiger partial charge in [0.2, 0.25) is 0 Å². The van der Waals surface area contributed by atoms with Crippen LogP contribution in [0.15, 0.2) is 97.8 Å². The van der Waals surface area contributed by atoms with E-state index in [4.69, 9.17) is 5.14 Å². The second-order valence-corrected chi connectivity index (χ2v) is 19.0. The highest BCUT2D eigenvalue weighted by atomic mass is 32.2. The van der Waals surface area contributed by atoms with E-state index in [1.165, 1.54) is 32.2 Å². The number of aromatic amines is 2. The molecule has 2 aliphatic carbocycles. The number of piperazine rings is 1. The van der Waals surface area contributed by atoms with Gasteiger partial charge in [-0.15, -0.1) is 0 Å². The number of nitrogens with two attached hydrogens (primary N) is 1. The maximum Gasteiger partial charge on any atom is 0.280 e. The SMILES string of the molecule is C.NS(=O)(=O)NCCc1ccccc1.O=S(=O)(NCCc1ccccc1)N1CCN(c2ncnc3[nH]ccc23)CC12CC2.c1nc(N2CCCC3(CC3)C2)c2cc[nH]c2n1. The average molecular weight is 857 g/mol. The number of rotatable bonds is 11. The highest BCUT2D eigenvalue weighted by Gasteiger charge is 2.56. The molecule has 2 aromatic carbocycles. The van der Waals surface area contributed by atoms with Crippen molar-refractivity contribution in [1.82, 2.24) is 43.7 Å². The monoisotopic (exact) mass is 856 g/mol. The summed E-state index contributed by atoms with van der Waals surface area (Å²) in [5.41, 5.74) is 4.26. The van der Waals surface area contributed by atoms with Gasteiger partial charge in [0, 0.05) is 58.2 Å². The largest absolute Gasteiger partial charge is 0.355 e. The molecule has 2 saturated carbocycles. The minimum Gasteiger partial charge on any atom is -0.355 e. The van der Waals surface area contributed by atoms with E-state index in [0.717, 1.165) is 64.2 Å². The molecule has 2 spiro atoms. The molecule has 0 radical (unpaired) electrons. The molecule has 320 valence electrons. The topological polar surface area (TPSA) is 211 Å². The third-order valence-electron chi connectivity index (χ3n) is 11.7. The van der Waals surface area contributed by atoms with Crippen LogP contribution < -0.4 is 24.4 Å². The van der Waals surface area contributed by atoms with E-state index < -0.39 is 20.4 Å². The molecule has 10 rings (SSSR count). The number of benzene rings is 2. The molecule has 60 heavy (non-hydrogen) atoms. The van der Waals surface area contributed by atoms with Gasteiger partial charge in [-0.05, 0) is 80.0 Å². The lowest BCUT2D eigenvalue weighted by Gasteiger charge is -2.41. The zero-order chi connectivity index (χ0) is 40.9. The van der Waals surface area contributed by atoms with Crippen molar-refractivity contribution in [3.8, 4) is 0 Å². The Labute approximate surface area is 352 Å². The molecule has 4 aromatic heterocycles. The summed E-state index contributed by atoms with van der Waals surface area (Å²) in [6.45, 7) is 4.78. The standard InChI is InChI=1S/C20H24N6O2S.C13H16N4.C8H12N2O2S.CH4/c27-29(28,24-11-6-16-4-2-1-3-5-16)26-13-12-25(14-20(26)8-9-20)19-17-7-10-21-18(17)22-15-23-19;1-3-13(4-5-13)8-17(7-1)12-10-2-6-14-11(10)15-9-16-12;9-13(11,12)10-7-6-8-4-2-1-3-5-8;/h1-5,7,10,15,24H,6,8-9,11-14H2,(H,21,22,23);2,6,9H,1,3-5,7-8H2,(H,14,15,16);1-5,10H,6-7H2,(H2,9,11,12);1H4. The summed E-state index contributed by atoms with van der Waals surface area (Å²) < 4.78 is 53.7. The van der Waals surface area contributed by atoms with E-state index in [-0.39, 0.29) is 13.0 Å². The highest BCUT2D eigenvalue weighted by molar-refractivity contribution is 7.87. The number of nitrogens with zero attached hydrogens (tertiary/aromatic N) is 7. The Morgan fingerprint density at radius 3 is 1.68 bits per heavy atom. The fourth-order valence-corrected chi connectivity index (χ4v) is 10.3. The van der Waals surface area contributed by atoms with Crippen LogP contribution >= 0.6 is 0 Å². The van der Waals surface area contributed by atoms with Crippen LogP contribution in [-0.4, -0.2) is 102 Å². The lowest BCUT2D eigenvalue weighted by Crippen LogP contribution is -2.59. The van der Waals surface area contributed by atoms with Gasteiger partial charge in [-0.3, -0.25) is 0 Å². The molecular weight excluding hydrogens is 801 g/mol. The molecule has 6 N–H and O–H groups in total. The quantitative estimate of drug-likeness (QED) is 0.121. The molecule has 4 aliphatic rings. The van der Waals surface area contributed by atoms with Crippen LogP contribution in [0, 0.1) is 5.41 Å². The summed E-state index contributed by atoms with van der Waals surface area (Å²) >= 11 is 0. The average Bonchev–Trinajstić information content (AvgIpc) is 4.01. The van der Waals surface area contributed by atoms with E-state index in [9.17, 15) is 16.8 Å². The maximum absolute atomic E-state index is 13.0. The number of aromatic nitrogens is 6. The Morgan fingerprint density at radius 1 is 0.633 bits per heavy atom. The smallest absolute Gasteiger partial charge is 0.280 e. The van der Waals surface area contributed by atoms with Crippen molar-refractivity contribution in [2.75, 3.05) is 55.6 Å². The van der Waals surface area contributed by atoms with E-state index in [1.54, 1.807) is 17.0 Å². The number of nitrogens with one attached hydrogen (secondary N) is 4. The van der Waals surface area contributed by atoms with Gasteiger partial charge in [0.1, 0.15) is 35.6 Å². The van der Waals surface area contributed by atoms with E-state index in [0.29, 0.717) is 51.0 Å². The minimum atomic E-state index is -3.54. The van der Waals surface area contributed by atoms with Gasteiger partial charge in [0.15, 0.2) is 0 Å². The summed E-state index contributed by atoms with van der Waals surface area (Å²) in [5.74, 6) is 1.99. The second kappa shape index (κ2) is 18.3. The Balaban J connectivity index is 0.000000149. The first kappa shape index (κ1) is 43.1. The lowest BCUT2D eigenvalue weighted by molar-refractivity contribution is 0.267. The van der Waals surface area contributed by atoms with E-state index >= 15 is 0 Å². The van der Waals surface area contributed by atoms with Crippen LogP contribution in [0.5, 0.6) is 0 Å². The highest BCUT2D eigenvalue weighted by Crippen LogP contribution is 2.52. The fourth-order valence-electron chi connectivity index (χ4n) is 8.29. The molecule has 0 amide bonds. The van der Waals surface area contributed by atoms with Crippen molar-refractivity contribution in [3.05, 3.63) is 109 Å². The molecule has 0 atom stereocenters. The summed E-state index contributed by atoms with van der Waals surface area (Å²) in [4.78, 5) is 28.4. The van der Waals surface area contributed by atoms with Crippen molar-refractivity contribution < 1.29 is 16.8 Å². The van der Waals surface area contributed by atoms with Crippen LogP contribution in [0.25, 0.3) is 22.1 Å². The van der Waals surface area contributed by atoms with Crippen molar-refractivity contribution in [3.63, 3.8) is 0 Å². The number of fused-ring (bicyclic) bond motifs is 2. The molecule has 6 heterocycles. The lowest BCUT2D eigenvalue weighted by atomic mass is 9.95. The first-order valence-corrected chi connectivity index (χ1v) is 23.2. The van der Waals surface area contributed by atoms with Crippen molar-refractivity contribution in [2.24, 2.45) is 10.6 Å². The molecule has 2 saturated heterocycles. The first-order chi connectivity index (χ1) is 28.5. The van der Waals surface area contributed by atoms with Gasteiger partial charge < -0.3 is 19.8 Å². The predicted molar refractivity (Wildman–Crippen MR) is 237 cm³/mol. The third kappa shape index (κ3) is 10.5. The Hall–Kier alpha value is -4.98. The molecule has 4 fully saturated rings. The molecule has 18 heteroatoms. The van der Waals surface area contributed by atoms with Gasteiger partial charge in [-0.25, -0.2) is 34.5 Å². The molecule has 0 unspecified atom stereocenters. The Bertz CT molecular complexity index is 2540. The van der Waals surface area contributed by atoms with Crippen LogP contribution in [0.4, 0.5) is 11.6 Å². The van der Waals surface area contributed by atoms with Crippen LogP contribution in [0.2, 0.25) is 0 Å². The van der Waals surface area contributed by atoms with E-state index in [1.807, 2.05) is 79.1 Å². The maximum atomic E-state index is 13.0. The number of anilines is 2. The molecule has 6 aromatic rings.